The number of rotatable bonds is 4. The molecule has 2 aromatic carbocycles. The highest BCUT2D eigenvalue weighted by molar-refractivity contribution is 5.55. The van der Waals surface area contributed by atoms with Gasteiger partial charge in [0.15, 0.2) is 0 Å². The maximum Gasteiger partial charge on any atom is 0.416 e. The van der Waals surface area contributed by atoms with Crippen LogP contribution in [0.3, 0.4) is 0 Å². The minimum absolute atomic E-state index is 0.409. The SMILES string of the molecule is COc1ccc(Cc2nn(-c3cccc(C(F)(F)F)c3)c3c2CCCCN3)cc1. The van der Waals surface area contributed by atoms with Crippen LogP contribution in [0.5, 0.6) is 5.75 Å². The van der Waals surface area contributed by atoms with Crippen molar-refractivity contribution in [3.05, 3.63) is 70.9 Å². The van der Waals surface area contributed by atoms with E-state index in [0.29, 0.717) is 12.1 Å². The third-order valence-electron chi connectivity index (χ3n) is 5.16. The first-order chi connectivity index (χ1) is 14.0. The maximum atomic E-state index is 13.2. The molecule has 0 saturated carbocycles. The van der Waals surface area contributed by atoms with Crippen molar-refractivity contribution in [3.63, 3.8) is 0 Å². The summed E-state index contributed by atoms with van der Waals surface area (Å²) in [7, 11) is 1.62. The van der Waals surface area contributed by atoms with E-state index in [1.54, 1.807) is 17.9 Å². The summed E-state index contributed by atoms with van der Waals surface area (Å²) < 4.78 is 46.4. The number of ether oxygens (including phenoxy) is 1. The number of hydrogen-bond acceptors (Lipinski definition) is 3. The molecule has 29 heavy (non-hydrogen) atoms. The van der Waals surface area contributed by atoms with Gasteiger partial charge in [0.25, 0.3) is 0 Å². The van der Waals surface area contributed by atoms with Crippen LogP contribution in [0, 0.1) is 0 Å². The van der Waals surface area contributed by atoms with Gasteiger partial charge in [0.1, 0.15) is 11.6 Å². The molecule has 1 aromatic heterocycles. The molecule has 1 aliphatic heterocycles. The number of nitrogens with zero attached hydrogens (tertiary/aromatic N) is 2. The van der Waals surface area contributed by atoms with Crippen LogP contribution < -0.4 is 10.1 Å². The average molecular weight is 401 g/mol. The molecule has 1 aliphatic rings. The first kappa shape index (κ1) is 19.4. The van der Waals surface area contributed by atoms with E-state index in [1.165, 1.54) is 6.07 Å². The second-order valence-corrected chi connectivity index (χ2v) is 7.14. The van der Waals surface area contributed by atoms with Crippen molar-refractivity contribution >= 4 is 5.82 Å². The number of nitrogens with one attached hydrogen (secondary N) is 1. The summed E-state index contributed by atoms with van der Waals surface area (Å²) in [6.45, 7) is 0.777. The highest BCUT2D eigenvalue weighted by Crippen LogP contribution is 2.33. The minimum Gasteiger partial charge on any atom is -0.497 e. The van der Waals surface area contributed by atoms with Crippen molar-refractivity contribution in [2.75, 3.05) is 19.0 Å². The van der Waals surface area contributed by atoms with Crippen molar-refractivity contribution in [1.29, 1.82) is 0 Å². The van der Waals surface area contributed by atoms with Crippen molar-refractivity contribution in [2.45, 2.75) is 31.9 Å². The number of aromatic nitrogens is 2. The van der Waals surface area contributed by atoms with Gasteiger partial charge >= 0.3 is 6.18 Å². The molecule has 0 aliphatic carbocycles. The summed E-state index contributed by atoms with van der Waals surface area (Å²) in [4.78, 5) is 0. The van der Waals surface area contributed by atoms with Crippen LogP contribution >= 0.6 is 0 Å². The van der Waals surface area contributed by atoms with Crippen molar-refractivity contribution < 1.29 is 17.9 Å². The van der Waals surface area contributed by atoms with Gasteiger partial charge in [0.05, 0.1) is 24.1 Å². The normalized spacial score (nSPS) is 14.1. The lowest BCUT2D eigenvalue weighted by atomic mass is 10.0. The predicted molar refractivity (Wildman–Crippen MR) is 106 cm³/mol. The van der Waals surface area contributed by atoms with E-state index < -0.39 is 11.7 Å². The van der Waals surface area contributed by atoms with Crippen LogP contribution in [0.25, 0.3) is 5.69 Å². The zero-order valence-electron chi connectivity index (χ0n) is 16.1. The number of methoxy groups -OCH3 is 1. The topological polar surface area (TPSA) is 39.1 Å². The molecule has 2 heterocycles. The van der Waals surface area contributed by atoms with Gasteiger partial charge in [-0.05, 0) is 55.2 Å². The molecule has 0 atom stereocenters. The fourth-order valence-corrected chi connectivity index (χ4v) is 3.65. The average Bonchev–Trinajstić information content (AvgIpc) is 2.89. The molecule has 3 aromatic rings. The lowest BCUT2D eigenvalue weighted by Gasteiger charge is -2.12. The maximum absolute atomic E-state index is 13.2. The van der Waals surface area contributed by atoms with E-state index in [0.717, 1.165) is 66.3 Å². The standard InChI is InChI=1S/C22H22F3N3O/c1-29-18-10-8-15(9-11-18)13-20-19-7-2-3-12-26-21(19)28(27-20)17-6-4-5-16(14-17)22(23,24)25/h4-6,8-11,14,26H,2-3,7,12-13H2,1H3. The highest BCUT2D eigenvalue weighted by atomic mass is 19.4. The Morgan fingerprint density at radius 2 is 1.90 bits per heavy atom. The summed E-state index contributed by atoms with van der Waals surface area (Å²) >= 11 is 0. The Bertz CT molecular complexity index is 994. The number of hydrogen-bond donors (Lipinski definition) is 1. The second-order valence-electron chi connectivity index (χ2n) is 7.14. The molecule has 1 N–H and O–H groups in total. The van der Waals surface area contributed by atoms with Gasteiger partial charge < -0.3 is 10.1 Å². The van der Waals surface area contributed by atoms with E-state index in [4.69, 9.17) is 9.84 Å². The van der Waals surface area contributed by atoms with Gasteiger partial charge in [-0.3, -0.25) is 0 Å². The molecule has 4 rings (SSSR count). The molecule has 0 amide bonds. The lowest BCUT2D eigenvalue weighted by molar-refractivity contribution is -0.137. The Balaban J connectivity index is 1.75. The molecular formula is C22H22F3N3O. The number of benzene rings is 2. The summed E-state index contributed by atoms with van der Waals surface area (Å²) in [5.74, 6) is 1.58. The number of alkyl halides is 3. The third kappa shape index (κ3) is 4.09. The molecule has 0 radical (unpaired) electrons. The minimum atomic E-state index is -4.39. The smallest absolute Gasteiger partial charge is 0.416 e. The quantitative estimate of drug-likeness (QED) is 0.650. The van der Waals surface area contributed by atoms with Crippen LogP contribution in [-0.4, -0.2) is 23.4 Å². The highest BCUT2D eigenvalue weighted by Gasteiger charge is 2.31. The van der Waals surface area contributed by atoms with Gasteiger partial charge in [0.2, 0.25) is 0 Å². The van der Waals surface area contributed by atoms with Crippen LogP contribution in [0.2, 0.25) is 0 Å². The molecule has 152 valence electrons. The molecule has 0 bridgehead atoms. The Morgan fingerprint density at radius 3 is 2.62 bits per heavy atom. The van der Waals surface area contributed by atoms with E-state index in [1.807, 2.05) is 24.3 Å². The van der Waals surface area contributed by atoms with Crippen LogP contribution in [0.1, 0.15) is 35.2 Å². The first-order valence-corrected chi connectivity index (χ1v) is 9.61. The monoisotopic (exact) mass is 401 g/mol. The fraction of sp³-hybridized carbons (Fsp3) is 0.318. The van der Waals surface area contributed by atoms with Gasteiger partial charge in [0, 0.05) is 18.5 Å². The van der Waals surface area contributed by atoms with Crippen LogP contribution in [0.4, 0.5) is 19.0 Å². The third-order valence-corrected chi connectivity index (χ3v) is 5.16. The Kier molecular flexibility index (Phi) is 5.22. The van der Waals surface area contributed by atoms with Crippen molar-refractivity contribution in [1.82, 2.24) is 9.78 Å². The Hall–Kier alpha value is -2.96. The van der Waals surface area contributed by atoms with E-state index in [9.17, 15) is 13.2 Å². The molecule has 0 fully saturated rings. The number of fused-ring (bicyclic) bond motifs is 1. The van der Waals surface area contributed by atoms with Gasteiger partial charge in [-0.15, -0.1) is 0 Å². The predicted octanol–water partition coefficient (Wildman–Crippen LogP) is 5.24. The van der Waals surface area contributed by atoms with Gasteiger partial charge in [-0.1, -0.05) is 18.2 Å². The number of anilines is 1. The Labute approximate surface area is 167 Å². The molecule has 4 nitrogen and oxygen atoms in total. The molecular weight excluding hydrogens is 379 g/mol. The van der Waals surface area contributed by atoms with Gasteiger partial charge in [-0.2, -0.15) is 18.3 Å². The largest absolute Gasteiger partial charge is 0.497 e. The van der Waals surface area contributed by atoms with Crippen molar-refractivity contribution in [3.8, 4) is 11.4 Å². The second kappa shape index (κ2) is 7.81. The fourth-order valence-electron chi connectivity index (χ4n) is 3.65. The lowest BCUT2D eigenvalue weighted by Crippen LogP contribution is -2.09. The number of halogens is 3. The summed E-state index contributed by atoms with van der Waals surface area (Å²) in [6, 6.07) is 13.1. The zero-order chi connectivity index (χ0) is 20.4. The Morgan fingerprint density at radius 1 is 1.10 bits per heavy atom. The summed E-state index contributed by atoms with van der Waals surface area (Å²) in [5.41, 5.74) is 2.77. The summed E-state index contributed by atoms with van der Waals surface area (Å²) in [5, 5.41) is 8.09. The molecule has 7 heteroatoms. The molecule has 0 spiro atoms. The van der Waals surface area contributed by atoms with E-state index in [-0.39, 0.29) is 0 Å². The first-order valence-electron chi connectivity index (χ1n) is 9.61. The van der Waals surface area contributed by atoms with Gasteiger partial charge in [-0.25, -0.2) is 4.68 Å². The zero-order valence-corrected chi connectivity index (χ0v) is 16.1. The van der Waals surface area contributed by atoms with E-state index >= 15 is 0 Å². The molecule has 0 unspecified atom stereocenters. The molecule has 0 saturated heterocycles. The van der Waals surface area contributed by atoms with Crippen molar-refractivity contribution in [2.24, 2.45) is 0 Å². The van der Waals surface area contributed by atoms with Crippen LogP contribution in [0.15, 0.2) is 48.5 Å². The van der Waals surface area contributed by atoms with Crippen LogP contribution in [-0.2, 0) is 19.0 Å². The van der Waals surface area contributed by atoms with E-state index in [2.05, 4.69) is 5.32 Å². The summed E-state index contributed by atoms with van der Waals surface area (Å²) in [6.07, 6.45) is -0.893.